The Labute approximate surface area is 142 Å². The summed E-state index contributed by atoms with van der Waals surface area (Å²) in [6.45, 7) is 0.727. The number of carbonyl (C=O) groups is 1. The molecule has 1 fully saturated rings. The molecular formula is C17H24N6O. The van der Waals surface area contributed by atoms with E-state index >= 15 is 0 Å². The number of amides is 2. The summed E-state index contributed by atoms with van der Waals surface area (Å²) in [5, 5.41) is 10.0. The largest absolute Gasteiger partial charge is 0.323 e. The zero-order chi connectivity index (χ0) is 16.9. The van der Waals surface area contributed by atoms with E-state index in [1.54, 1.807) is 18.5 Å². The van der Waals surface area contributed by atoms with Gasteiger partial charge < -0.3 is 15.5 Å². The van der Waals surface area contributed by atoms with E-state index in [0.717, 1.165) is 17.9 Å². The molecule has 2 heterocycles. The Morgan fingerprint density at radius 2 is 2.04 bits per heavy atom. The Hall–Kier alpha value is -2.41. The van der Waals surface area contributed by atoms with Crippen molar-refractivity contribution < 1.29 is 4.79 Å². The predicted molar refractivity (Wildman–Crippen MR) is 94.0 cm³/mol. The zero-order valence-electron chi connectivity index (χ0n) is 14.2. The van der Waals surface area contributed by atoms with Gasteiger partial charge in [0.1, 0.15) is 0 Å². The molecule has 128 valence electrons. The van der Waals surface area contributed by atoms with Gasteiger partial charge in [-0.05, 0) is 39.1 Å². The summed E-state index contributed by atoms with van der Waals surface area (Å²) in [6, 6.07) is 3.85. The van der Waals surface area contributed by atoms with Crippen molar-refractivity contribution in [1.29, 1.82) is 0 Å². The lowest BCUT2D eigenvalue weighted by atomic mass is 10.3. The lowest BCUT2D eigenvalue weighted by Crippen LogP contribution is -2.19. The average Bonchev–Trinajstić information content (AvgIpc) is 3.17. The molecular weight excluding hydrogens is 304 g/mol. The molecule has 0 aromatic carbocycles. The maximum atomic E-state index is 12.2. The fourth-order valence-electron chi connectivity index (χ4n) is 3.03. The van der Waals surface area contributed by atoms with Crippen molar-refractivity contribution in [3.8, 4) is 0 Å². The molecule has 0 aliphatic heterocycles. The van der Waals surface area contributed by atoms with Crippen LogP contribution in [0.3, 0.4) is 0 Å². The van der Waals surface area contributed by atoms with Gasteiger partial charge in [-0.25, -0.2) is 4.79 Å². The van der Waals surface area contributed by atoms with Crippen LogP contribution in [-0.4, -0.2) is 39.8 Å². The minimum Gasteiger partial charge on any atom is -0.308 e. The maximum absolute atomic E-state index is 12.2. The van der Waals surface area contributed by atoms with Gasteiger partial charge in [-0.15, -0.1) is 0 Å². The summed E-state index contributed by atoms with van der Waals surface area (Å²) in [6.07, 6.45) is 10.1. The molecule has 24 heavy (non-hydrogen) atoms. The van der Waals surface area contributed by atoms with Gasteiger partial charge in [-0.1, -0.05) is 12.8 Å². The molecule has 1 saturated carbocycles. The van der Waals surface area contributed by atoms with Crippen LogP contribution in [0.25, 0.3) is 0 Å². The first-order chi connectivity index (χ1) is 11.6. The molecule has 1 aliphatic rings. The third-order valence-electron chi connectivity index (χ3n) is 4.11. The third-order valence-corrected chi connectivity index (χ3v) is 4.11. The Kier molecular flexibility index (Phi) is 5.10. The minimum absolute atomic E-state index is 0.275. The smallest absolute Gasteiger partial charge is 0.308 e. The van der Waals surface area contributed by atoms with Gasteiger partial charge in [0, 0.05) is 24.6 Å². The highest BCUT2D eigenvalue weighted by atomic mass is 16.2. The summed E-state index contributed by atoms with van der Waals surface area (Å²) in [7, 11) is 3.97. The molecule has 2 amide bonds. The number of hydrogen-bond donors (Lipinski definition) is 2. The first-order valence-electron chi connectivity index (χ1n) is 8.32. The fraction of sp³-hybridized carbons (Fsp3) is 0.471. The van der Waals surface area contributed by atoms with E-state index in [1.165, 1.54) is 25.7 Å². The van der Waals surface area contributed by atoms with Crippen molar-refractivity contribution in [2.45, 2.75) is 38.3 Å². The van der Waals surface area contributed by atoms with Crippen molar-refractivity contribution in [3.63, 3.8) is 0 Å². The molecule has 0 radical (unpaired) electrons. The number of rotatable bonds is 5. The van der Waals surface area contributed by atoms with Gasteiger partial charge in [0.05, 0.1) is 23.6 Å². The lowest BCUT2D eigenvalue weighted by molar-refractivity contribution is 0.262. The summed E-state index contributed by atoms with van der Waals surface area (Å²) >= 11 is 0. The molecule has 3 rings (SSSR count). The van der Waals surface area contributed by atoms with Gasteiger partial charge >= 0.3 is 6.03 Å². The van der Waals surface area contributed by atoms with Crippen molar-refractivity contribution in [2.24, 2.45) is 0 Å². The molecule has 0 spiro atoms. The van der Waals surface area contributed by atoms with E-state index in [1.807, 2.05) is 35.9 Å². The number of carbonyl (C=O) groups excluding carboxylic acids is 1. The second-order valence-corrected chi connectivity index (χ2v) is 6.50. The zero-order valence-corrected chi connectivity index (χ0v) is 14.2. The van der Waals surface area contributed by atoms with Gasteiger partial charge in [0.25, 0.3) is 0 Å². The number of nitrogens with one attached hydrogen (secondary N) is 2. The number of nitrogens with zero attached hydrogens (tertiary/aromatic N) is 4. The lowest BCUT2D eigenvalue weighted by Gasteiger charge is -2.11. The normalized spacial score (nSPS) is 15.0. The third kappa shape index (κ3) is 4.32. The van der Waals surface area contributed by atoms with E-state index < -0.39 is 0 Å². The predicted octanol–water partition coefficient (Wildman–Crippen LogP) is 3.10. The van der Waals surface area contributed by atoms with Crippen LogP contribution < -0.4 is 10.6 Å². The molecule has 2 aromatic heterocycles. The molecule has 7 heteroatoms. The maximum Gasteiger partial charge on any atom is 0.323 e. The molecule has 2 N–H and O–H groups in total. The van der Waals surface area contributed by atoms with E-state index in [-0.39, 0.29) is 6.03 Å². The first-order valence-corrected chi connectivity index (χ1v) is 8.32. The molecule has 0 saturated heterocycles. The molecule has 2 aromatic rings. The summed E-state index contributed by atoms with van der Waals surface area (Å²) in [4.78, 5) is 18.5. The Morgan fingerprint density at radius 1 is 1.29 bits per heavy atom. The van der Waals surface area contributed by atoms with Crippen molar-refractivity contribution in [3.05, 3.63) is 36.4 Å². The monoisotopic (exact) mass is 328 g/mol. The van der Waals surface area contributed by atoms with Crippen LogP contribution in [0.15, 0.2) is 30.7 Å². The SMILES string of the molecule is CN(C)Cc1cc(NC(=O)Nc2cnn(C3CCCC3)c2)ccn1. The average molecular weight is 328 g/mol. The van der Waals surface area contributed by atoms with Crippen LogP contribution in [0.4, 0.5) is 16.2 Å². The molecule has 1 aliphatic carbocycles. The second-order valence-electron chi connectivity index (χ2n) is 6.50. The quantitative estimate of drug-likeness (QED) is 0.884. The van der Waals surface area contributed by atoms with Crippen LogP contribution >= 0.6 is 0 Å². The summed E-state index contributed by atoms with van der Waals surface area (Å²) in [5.74, 6) is 0. The number of urea groups is 1. The minimum atomic E-state index is -0.275. The van der Waals surface area contributed by atoms with Crippen LogP contribution in [0.2, 0.25) is 0 Å². The first kappa shape index (κ1) is 16.4. The van der Waals surface area contributed by atoms with Crippen molar-refractivity contribution in [1.82, 2.24) is 19.7 Å². The van der Waals surface area contributed by atoms with Gasteiger partial charge in [0.15, 0.2) is 0 Å². The van der Waals surface area contributed by atoms with Crippen LogP contribution in [-0.2, 0) is 6.54 Å². The fourth-order valence-corrected chi connectivity index (χ4v) is 3.03. The number of hydrogen-bond acceptors (Lipinski definition) is 4. The number of pyridine rings is 1. The summed E-state index contributed by atoms with van der Waals surface area (Å²) < 4.78 is 1.96. The highest BCUT2D eigenvalue weighted by molar-refractivity contribution is 5.99. The topological polar surface area (TPSA) is 75.1 Å². The van der Waals surface area contributed by atoms with E-state index in [9.17, 15) is 4.79 Å². The molecule has 0 atom stereocenters. The van der Waals surface area contributed by atoms with E-state index in [0.29, 0.717) is 11.7 Å². The Bertz CT molecular complexity index is 690. The number of aromatic nitrogens is 3. The van der Waals surface area contributed by atoms with Gasteiger partial charge in [-0.2, -0.15) is 5.10 Å². The van der Waals surface area contributed by atoms with Crippen molar-refractivity contribution >= 4 is 17.4 Å². The summed E-state index contributed by atoms with van der Waals surface area (Å²) in [5.41, 5.74) is 2.34. The standard InChI is InChI=1S/C17H24N6O/c1-22(2)11-14-9-13(7-8-18-14)20-17(24)21-15-10-19-23(12-15)16-5-3-4-6-16/h7-10,12,16H,3-6,11H2,1-2H3,(H2,18,20,21,24). The molecule has 0 bridgehead atoms. The second kappa shape index (κ2) is 7.44. The Morgan fingerprint density at radius 3 is 2.79 bits per heavy atom. The van der Waals surface area contributed by atoms with Crippen LogP contribution in [0.5, 0.6) is 0 Å². The van der Waals surface area contributed by atoms with E-state index in [4.69, 9.17) is 0 Å². The molecule has 0 unspecified atom stereocenters. The highest BCUT2D eigenvalue weighted by Crippen LogP contribution is 2.29. The van der Waals surface area contributed by atoms with E-state index in [2.05, 4.69) is 20.7 Å². The molecule has 7 nitrogen and oxygen atoms in total. The van der Waals surface area contributed by atoms with Gasteiger partial charge in [0.2, 0.25) is 0 Å². The van der Waals surface area contributed by atoms with Crippen LogP contribution in [0, 0.1) is 0 Å². The van der Waals surface area contributed by atoms with Crippen LogP contribution in [0.1, 0.15) is 37.4 Å². The number of anilines is 2. The van der Waals surface area contributed by atoms with Crippen molar-refractivity contribution in [2.75, 3.05) is 24.7 Å². The Balaban J connectivity index is 1.57. The van der Waals surface area contributed by atoms with Gasteiger partial charge in [-0.3, -0.25) is 9.67 Å². The highest BCUT2D eigenvalue weighted by Gasteiger charge is 2.17.